The zero-order chi connectivity index (χ0) is 20.2. The van der Waals surface area contributed by atoms with Crippen LogP contribution in [-0.2, 0) is 10.0 Å². The van der Waals surface area contributed by atoms with Crippen molar-refractivity contribution in [3.05, 3.63) is 24.3 Å². The molecule has 158 valence electrons. The van der Waals surface area contributed by atoms with Gasteiger partial charge in [-0.25, -0.2) is 13.6 Å². The van der Waals surface area contributed by atoms with Gasteiger partial charge in [0.15, 0.2) is 5.11 Å². The fraction of sp³-hybridized carbons (Fsp3) is 0.667. The Bertz CT molecular complexity index is 850. The molecule has 3 N–H and O–H groups in total. The predicted molar refractivity (Wildman–Crippen MR) is 118 cm³/mol. The van der Waals surface area contributed by atoms with E-state index < -0.39 is 10.0 Å². The maximum atomic E-state index is 11.4. The van der Waals surface area contributed by atoms with Crippen molar-refractivity contribution in [1.82, 2.24) is 9.80 Å². The second-order valence-corrected chi connectivity index (χ2v) is 11.4. The molecule has 1 aromatic carbocycles. The first-order valence-electron chi connectivity index (χ1n) is 10.8. The van der Waals surface area contributed by atoms with Gasteiger partial charge >= 0.3 is 0 Å². The van der Waals surface area contributed by atoms with Crippen LogP contribution in [0.2, 0.25) is 0 Å². The van der Waals surface area contributed by atoms with Crippen LogP contribution in [0.15, 0.2) is 29.2 Å². The van der Waals surface area contributed by atoms with Crippen molar-refractivity contribution in [2.24, 2.45) is 28.8 Å². The Balaban J connectivity index is 1.16. The van der Waals surface area contributed by atoms with Crippen LogP contribution in [0.4, 0.5) is 5.69 Å². The van der Waals surface area contributed by atoms with Crippen LogP contribution >= 0.6 is 12.2 Å². The molecule has 4 saturated carbocycles. The first kappa shape index (κ1) is 19.7. The van der Waals surface area contributed by atoms with Crippen LogP contribution in [0.1, 0.15) is 32.1 Å². The summed E-state index contributed by atoms with van der Waals surface area (Å²) in [7, 11) is -3.67. The summed E-state index contributed by atoms with van der Waals surface area (Å²) >= 11 is 5.61. The maximum absolute atomic E-state index is 11.4. The molecule has 5 fully saturated rings. The number of piperazine rings is 1. The largest absolute Gasteiger partial charge is 0.346 e. The third kappa shape index (κ3) is 3.92. The van der Waals surface area contributed by atoms with Gasteiger partial charge in [-0.15, -0.1) is 0 Å². The number of nitrogens with one attached hydrogen (secondary N) is 1. The summed E-state index contributed by atoms with van der Waals surface area (Å²) in [6.45, 7) is 4.06. The van der Waals surface area contributed by atoms with Gasteiger partial charge in [0, 0.05) is 37.9 Å². The molecule has 0 unspecified atom stereocenters. The molecule has 0 amide bonds. The molecule has 0 atom stereocenters. The summed E-state index contributed by atoms with van der Waals surface area (Å²) in [5, 5.41) is 9.10. The third-order valence-electron chi connectivity index (χ3n) is 7.63. The molecule has 0 aromatic heterocycles. The summed E-state index contributed by atoms with van der Waals surface area (Å²) in [4.78, 5) is 5.10. The number of primary sulfonamides is 1. The lowest BCUT2D eigenvalue weighted by Gasteiger charge is -2.58. The molecule has 6 rings (SSSR count). The monoisotopic (exact) mass is 434 g/mol. The Kier molecular flexibility index (Phi) is 5.09. The van der Waals surface area contributed by atoms with Gasteiger partial charge in [0.2, 0.25) is 10.0 Å². The maximum Gasteiger partial charge on any atom is 0.238 e. The van der Waals surface area contributed by atoms with Gasteiger partial charge in [-0.2, -0.15) is 0 Å². The molecule has 1 saturated heterocycles. The number of thiocarbonyl (C=S) groups is 1. The molecule has 8 heteroatoms. The normalized spacial score (nSPS) is 34.4. The highest BCUT2D eigenvalue weighted by molar-refractivity contribution is 7.89. The van der Waals surface area contributed by atoms with Gasteiger partial charge in [-0.1, -0.05) is 0 Å². The summed E-state index contributed by atoms with van der Waals surface area (Å²) in [6.07, 6.45) is 7.36. The molecule has 1 aromatic rings. The lowest BCUT2D eigenvalue weighted by molar-refractivity contribution is -0.0726. The minimum atomic E-state index is -3.67. The fourth-order valence-corrected chi connectivity index (χ4v) is 7.46. The molecule has 0 spiro atoms. The number of nitrogens with two attached hydrogens (primary N) is 1. The number of rotatable bonds is 3. The van der Waals surface area contributed by atoms with Crippen molar-refractivity contribution >= 4 is 33.0 Å². The molecular weight excluding hydrogens is 404 g/mol. The van der Waals surface area contributed by atoms with Crippen LogP contribution in [0.25, 0.3) is 0 Å². The van der Waals surface area contributed by atoms with Crippen LogP contribution in [0, 0.1) is 23.7 Å². The Labute approximate surface area is 178 Å². The summed E-state index contributed by atoms with van der Waals surface area (Å²) in [5.41, 5.74) is 0.783. The SMILES string of the molecule is NS(=O)(=O)c1ccc(NC(=S)N2CCN(C3C4CC5CC(C4)CC3C5)CC2)cc1. The number of benzene rings is 1. The highest BCUT2D eigenvalue weighted by Crippen LogP contribution is 2.55. The number of sulfonamides is 1. The minimum Gasteiger partial charge on any atom is -0.346 e. The number of anilines is 1. The topological polar surface area (TPSA) is 78.7 Å². The van der Waals surface area contributed by atoms with Gasteiger partial charge in [0.1, 0.15) is 0 Å². The van der Waals surface area contributed by atoms with Crippen molar-refractivity contribution in [2.45, 2.75) is 43.0 Å². The zero-order valence-corrected chi connectivity index (χ0v) is 18.3. The van der Waals surface area contributed by atoms with Gasteiger partial charge in [0.25, 0.3) is 0 Å². The Morgan fingerprint density at radius 3 is 2.00 bits per heavy atom. The van der Waals surface area contributed by atoms with Crippen molar-refractivity contribution in [3.8, 4) is 0 Å². The molecule has 29 heavy (non-hydrogen) atoms. The number of hydrogen-bond acceptors (Lipinski definition) is 4. The molecule has 6 nitrogen and oxygen atoms in total. The number of hydrogen-bond donors (Lipinski definition) is 2. The van der Waals surface area contributed by atoms with Crippen LogP contribution in [0.3, 0.4) is 0 Å². The Morgan fingerprint density at radius 2 is 1.48 bits per heavy atom. The van der Waals surface area contributed by atoms with Crippen molar-refractivity contribution in [2.75, 3.05) is 31.5 Å². The predicted octanol–water partition coefficient (Wildman–Crippen LogP) is 2.47. The zero-order valence-electron chi connectivity index (χ0n) is 16.7. The second-order valence-electron chi connectivity index (χ2n) is 9.44. The van der Waals surface area contributed by atoms with Crippen molar-refractivity contribution < 1.29 is 8.42 Å². The van der Waals surface area contributed by atoms with E-state index in [1.165, 1.54) is 44.2 Å². The highest BCUT2D eigenvalue weighted by Gasteiger charge is 2.50. The average molecular weight is 435 g/mol. The van der Waals surface area contributed by atoms with Crippen molar-refractivity contribution in [1.29, 1.82) is 0 Å². The van der Waals surface area contributed by atoms with Crippen LogP contribution < -0.4 is 10.5 Å². The molecule has 5 aliphatic rings. The van der Waals surface area contributed by atoms with E-state index in [2.05, 4.69) is 15.1 Å². The van der Waals surface area contributed by atoms with E-state index in [0.29, 0.717) is 5.11 Å². The lowest BCUT2D eigenvalue weighted by atomic mass is 9.54. The van der Waals surface area contributed by atoms with E-state index in [1.54, 1.807) is 12.1 Å². The van der Waals surface area contributed by atoms with Gasteiger partial charge in [0.05, 0.1) is 4.90 Å². The van der Waals surface area contributed by atoms with E-state index in [1.807, 2.05) is 0 Å². The highest BCUT2D eigenvalue weighted by atomic mass is 32.2. The number of nitrogens with zero attached hydrogens (tertiary/aromatic N) is 2. The third-order valence-corrected chi connectivity index (χ3v) is 8.92. The lowest BCUT2D eigenvalue weighted by Crippen LogP contribution is -2.60. The van der Waals surface area contributed by atoms with E-state index in [9.17, 15) is 8.42 Å². The summed E-state index contributed by atoms with van der Waals surface area (Å²) < 4.78 is 22.8. The molecular formula is C21H30N4O2S2. The van der Waals surface area contributed by atoms with Gasteiger partial charge in [-0.05, 0) is 92.3 Å². The van der Waals surface area contributed by atoms with Gasteiger partial charge in [-0.3, -0.25) is 4.90 Å². The average Bonchev–Trinajstić information content (AvgIpc) is 2.67. The standard InChI is InChI=1S/C21H30N4O2S2/c22-29(26,27)19-3-1-18(2-4-19)23-21(28)25-7-5-24(6-8-25)20-16-10-14-9-15(12-16)13-17(20)11-14/h1-4,14-17,20H,5-13H2,(H,23,28)(H2,22,26,27). The fourth-order valence-electron chi connectivity index (χ4n) is 6.65. The smallest absolute Gasteiger partial charge is 0.238 e. The second kappa shape index (κ2) is 7.48. The first-order valence-corrected chi connectivity index (χ1v) is 12.7. The van der Waals surface area contributed by atoms with E-state index >= 15 is 0 Å². The Hall–Kier alpha value is -1.22. The molecule has 1 heterocycles. The van der Waals surface area contributed by atoms with Gasteiger partial charge < -0.3 is 10.2 Å². The summed E-state index contributed by atoms with van der Waals surface area (Å²) in [5.74, 6) is 3.90. The van der Waals surface area contributed by atoms with Crippen LogP contribution in [0.5, 0.6) is 0 Å². The van der Waals surface area contributed by atoms with Crippen molar-refractivity contribution in [3.63, 3.8) is 0 Å². The Morgan fingerprint density at radius 1 is 0.931 bits per heavy atom. The summed E-state index contributed by atoms with van der Waals surface area (Å²) in [6, 6.07) is 7.22. The van der Waals surface area contributed by atoms with E-state index in [-0.39, 0.29) is 4.90 Å². The van der Waals surface area contributed by atoms with E-state index in [4.69, 9.17) is 17.4 Å². The quantitative estimate of drug-likeness (QED) is 0.712. The minimum absolute atomic E-state index is 0.109. The van der Waals surface area contributed by atoms with Crippen LogP contribution in [-0.4, -0.2) is 55.6 Å². The molecule has 1 aliphatic heterocycles. The van der Waals surface area contributed by atoms with E-state index in [0.717, 1.165) is 61.6 Å². The first-order chi connectivity index (χ1) is 13.9. The molecule has 0 radical (unpaired) electrons. The molecule has 4 bridgehead atoms. The molecule has 4 aliphatic carbocycles.